The number of benzene rings is 10. The summed E-state index contributed by atoms with van der Waals surface area (Å²) in [5, 5.41) is 0. The summed E-state index contributed by atoms with van der Waals surface area (Å²) in [4.78, 5) is 2.50. The van der Waals surface area contributed by atoms with E-state index in [0.29, 0.717) is 5.92 Å². The summed E-state index contributed by atoms with van der Waals surface area (Å²) in [5.41, 5.74) is 27.8. The Morgan fingerprint density at radius 2 is 0.773 bits per heavy atom. The van der Waals surface area contributed by atoms with Gasteiger partial charge in [-0.2, -0.15) is 0 Å². The molecule has 0 saturated heterocycles. The van der Waals surface area contributed by atoms with E-state index in [2.05, 4.69) is 291 Å². The van der Waals surface area contributed by atoms with Gasteiger partial charge in [0.25, 0.3) is 0 Å². The van der Waals surface area contributed by atoms with Crippen LogP contribution in [0.5, 0.6) is 0 Å². The van der Waals surface area contributed by atoms with Crippen molar-refractivity contribution in [3.8, 4) is 66.8 Å². The van der Waals surface area contributed by atoms with Gasteiger partial charge in [-0.1, -0.05) is 243 Å². The van der Waals surface area contributed by atoms with Crippen molar-refractivity contribution in [2.45, 2.75) is 78.6 Å². The minimum absolute atomic E-state index is 0.0811. The molecule has 0 aromatic heterocycles. The first kappa shape index (κ1) is 46.8. The molecular formula is C74H65N. The average Bonchev–Trinajstić information content (AvgIpc) is 3.98. The lowest BCUT2D eigenvalue weighted by Crippen LogP contribution is -2.26. The molecule has 2 atom stereocenters. The molecule has 1 heteroatoms. The zero-order valence-corrected chi connectivity index (χ0v) is 44.7. The minimum Gasteiger partial charge on any atom is -0.310 e. The van der Waals surface area contributed by atoms with Crippen LogP contribution in [0, 0.1) is 10.8 Å². The van der Waals surface area contributed by atoms with E-state index in [9.17, 15) is 0 Å². The highest BCUT2D eigenvalue weighted by molar-refractivity contribution is 5.98. The molecule has 0 N–H and O–H groups in total. The molecule has 0 amide bonds. The van der Waals surface area contributed by atoms with Crippen LogP contribution in [0.4, 0.5) is 17.1 Å². The SMILES string of the molecule is CC(C)(C)CC(c1ccccc1-c1ccc2c(c1)C1(c3ccccc3-2)c2ccccc2-c2ccc(-c3ccccc3N(c3ccc(-c4ccccc4)cc3)c3ccc4c(c3)C(C)(C)c3ccccc3-4)cc21)C(C)(C)C. The first-order chi connectivity index (χ1) is 36.2. The summed E-state index contributed by atoms with van der Waals surface area (Å²) in [6, 6.07) is 87.5. The van der Waals surface area contributed by atoms with Gasteiger partial charge in [-0.05, 0) is 166 Å². The standard InChI is InChI=1S/C74H65N/c1-71(2,3)47-69(72(4,5)6)56-26-13-12-24-54(56)50-36-41-61-58-28-15-19-31-64(58)74(67(61)44-50)65-32-20-16-29-59(65)62-42-37-51(45-68(62)74)55-25-17-21-33-70(55)75(52-38-34-49(35-39-52)48-22-10-9-11-23-48)53-40-43-60-57-27-14-18-30-63(57)73(7,8)66(60)46-53/h9-46,69H,47H2,1-8H3. The molecule has 0 radical (unpaired) electrons. The van der Waals surface area contributed by atoms with Crippen LogP contribution >= 0.6 is 0 Å². The molecule has 3 aliphatic rings. The Balaban J connectivity index is 1.01. The number of hydrogen-bond acceptors (Lipinski definition) is 1. The molecule has 3 aliphatic carbocycles. The van der Waals surface area contributed by atoms with Crippen molar-refractivity contribution in [2.75, 3.05) is 4.90 Å². The highest BCUT2D eigenvalue weighted by Crippen LogP contribution is 2.64. The second-order valence-electron chi connectivity index (χ2n) is 24.3. The first-order valence-corrected chi connectivity index (χ1v) is 27.1. The predicted molar refractivity (Wildman–Crippen MR) is 318 cm³/mol. The fourth-order valence-electron chi connectivity index (χ4n) is 13.6. The monoisotopic (exact) mass is 968 g/mol. The number of nitrogens with zero attached hydrogens (tertiary/aromatic N) is 1. The Morgan fingerprint density at radius 1 is 0.347 bits per heavy atom. The summed E-state index contributed by atoms with van der Waals surface area (Å²) in [7, 11) is 0. The van der Waals surface area contributed by atoms with Crippen molar-refractivity contribution in [2.24, 2.45) is 10.8 Å². The van der Waals surface area contributed by atoms with E-state index in [4.69, 9.17) is 0 Å². The van der Waals surface area contributed by atoms with Gasteiger partial charge in [0.1, 0.15) is 0 Å². The molecule has 366 valence electrons. The van der Waals surface area contributed by atoms with Crippen LogP contribution in [0.2, 0.25) is 0 Å². The van der Waals surface area contributed by atoms with Crippen LogP contribution in [-0.4, -0.2) is 0 Å². The fourth-order valence-corrected chi connectivity index (χ4v) is 13.6. The summed E-state index contributed by atoms with van der Waals surface area (Å²) in [6.45, 7) is 19.2. The van der Waals surface area contributed by atoms with Crippen LogP contribution in [0.15, 0.2) is 231 Å². The van der Waals surface area contributed by atoms with Gasteiger partial charge < -0.3 is 4.90 Å². The Morgan fingerprint density at radius 3 is 1.37 bits per heavy atom. The minimum atomic E-state index is -0.532. The predicted octanol–water partition coefficient (Wildman–Crippen LogP) is 20.4. The number of fused-ring (bicyclic) bond motifs is 13. The molecule has 2 unspecified atom stereocenters. The highest BCUT2D eigenvalue weighted by atomic mass is 15.1. The van der Waals surface area contributed by atoms with Gasteiger partial charge >= 0.3 is 0 Å². The van der Waals surface area contributed by atoms with Crippen molar-refractivity contribution in [1.82, 2.24) is 0 Å². The van der Waals surface area contributed by atoms with Crippen LogP contribution in [-0.2, 0) is 10.8 Å². The fraction of sp³-hybridized carbons (Fsp3) is 0.189. The second-order valence-corrected chi connectivity index (χ2v) is 24.3. The van der Waals surface area contributed by atoms with E-state index in [0.717, 1.165) is 23.5 Å². The molecule has 0 heterocycles. The van der Waals surface area contributed by atoms with E-state index in [1.165, 1.54) is 106 Å². The molecule has 0 bridgehead atoms. The quantitative estimate of drug-likeness (QED) is 0.147. The molecule has 0 aliphatic heterocycles. The number of para-hydroxylation sites is 1. The zero-order valence-electron chi connectivity index (χ0n) is 44.7. The third-order valence-corrected chi connectivity index (χ3v) is 17.1. The van der Waals surface area contributed by atoms with E-state index in [1.807, 2.05) is 0 Å². The maximum absolute atomic E-state index is 2.58. The Labute approximate surface area is 445 Å². The van der Waals surface area contributed by atoms with E-state index in [-0.39, 0.29) is 16.2 Å². The normalized spacial score (nSPS) is 15.9. The van der Waals surface area contributed by atoms with Gasteiger partial charge in [0, 0.05) is 22.4 Å². The Hall–Kier alpha value is -8.00. The van der Waals surface area contributed by atoms with Gasteiger partial charge in [0.2, 0.25) is 0 Å². The van der Waals surface area contributed by atoms with Crippen molar-refractivity contribution in [1.29, 1.82) is 0 Å². The smallest absolute Gasteiger partial charge is 0.0725 e. The summed E-state index contributed by atoms with van der Waals surface area (Å²) in [6.07, 6.45) is 1.11. The van der Waals surface area contributed by atoms with Crippen LogP contribution < -0.4 is 4.90 Å². The van der Waals surface area contributed by atoms with E-state index < -0.39 is 5.41 Å². The van der Waals surface area contributed by atoms with Gasteiger partial charge in [-0.15, -0.1) is 0 Å². The lowest BCUT2D eigenvalue weighted by Gasteiger charge is -2.37. The van der Waals surface area contributed by atoms with Crippen molar-refractivity contribution in [3.05, 3.63) is 269 Å². The van der Waals surface area contributed by atoms with Crippen molar-refractivity contribution in [3.63, 3.8) is 0 Å². The maximum Gasteiger partial charge on any atom is 0.0725 e. The molecule has 1 nitrogen and oxygen atoms in total. The largest absolute Gasteiger partial charge is 0.310 e. The van der Waals surface area contributed by atoms with Crippen molar-refractivity contribution < 1.29 is 0 Å². The third-order valence-electron chi connectivity index (χ3n) is 17.1. The van der Waals surface area contributed by atoms with Gasteiger partial charge in [-0.3, -0.25) is 0 Å². The van der Waals surface area contributed by atoms with Crippen LogP contribution in [0.25, 0.3) is 66.8 Å². The van der Waals surface area contributed by atoms with Gasteiger partial charge in [-0.25, -0.2) is 0 Å². The molecule has 0 saturated carbocycles. The number of anilines is 3. The molecule has 75 heavy (non-hydrogen) atoms. The Bertz CT molecular complexity index is 3840. The van der Waals surface area contributed by atoms with Crippen LogP contribution in [0.1, 0.15) is 107 Å². The second kappa shape index (κ2) is 17.3. The maximum atomic E-state index is 2.58. The summed E-state index contributed by atoms with van der Waals surface area (Å²) in [5.74, 6) is 0.379. The molecule has 1 spiro atoms. The van der Waals surface area contributed by atoms with Crippen molar-refractivity contribution >= 4 is 17.1 Å². The Kier molecular flexibility index (Phi) is 10.8. The van der Waals surface area contributed by atoms with E-state index >= 15 is 0 Å². The van der Waals surface area contributed by atoms with Gasteiger partial charge in [0.15, 0.2) is 0 Å². The highest BCUT2D eigenvalue weighted by Gasteiger charge is 2.52. The molecular weight excluding hydrogens is 903 g/mol. The van der Waals surface area contributed by atoms with Gasteiger partial charge in [0.05, 0.1) is 11.1 Å². The molecule has 13 rings (SSSR count). The average molecular weight is 968 g/mol. The summed E-state index contributed by atoms with van der Waals surface area (Å²) >= 11 is 0. The lowest BCUT2D eigenvalue weighted by molar-refractivity contribution is 0.229. The number of rotatable bonds is 8. The third kappa shape index (κ3) is 7.41. The number of hydrogen-bond donors (Lipinski definition) is 0. The van der Waals surface area contributed by atoms with Crippen LogP contribution in [0.3, 0.4) is 0 Å². The molecule has 10 aromatic rings. The topological polar surface area (TPSA) is 3.24 Å². The zero-order chi connectivity index (χ0) is 51.4. The van der Waals surface area contributed by atoms with E-state index in [1.54, 1.807) is 0 Å². The first-order valence-electron chi connectivity index (χ1n) is 27.1. The summed E-state index contributed by atoms with van der Waals surface area (Å²) < 4.78 is 0. The lowest BCUT2D eigenvalue weighted by atomic mass is 9.67. The molecule has 10 aromatic carbocycles. The molecule has 0 fully saturated rings.